The van der Waals surface area contributed by atoms with Crippen LogP contribution in [-0.2, 0) is 6.54 Å². The second kappa shape index (κ2) is 5.87. The molecule has 1 aromatic carbocycles. The van der Waals surface area contributed by atoms with E-state index in [1.54, 1.807) is 19.2 Å². The van der Waals surface area contributed by atoms with E-state index in [0.29, 0.717) is 6.54 Å². The molecule has 0 bridgehead atoms. The predicted molar refractivity (Wildman–Crippen MR) is 70.5 cm³/mol. The van der Waals surface area contributed by atoms with Crippen LogP contribution >= 0.6 is 0 Å². The maximum atomic E-state index is 10.7. The lowest BCUT2D eigenvalue weighted by Gasteiger charge is -2.01. The summed E-state index contributed by atoms with van der Waals surface area (Å²) in [5.41, 5.74) is 0.899. The zero-order valence-corrected chi connectivity index (χ0v) is 10.8. The molecular formula is C13H13N3O4. The molecule has 2 rings (SSSR count). The largest absolute Gasteiger partial charge is 0.497 e. The summed E-state index contributed by atoms with van der Waals surface area (Å²) in [6.07, 6.45) is 1.19. The number of rotatable bonds is 4. The standard InChI is InChI=1S/C13H13N3O4/c1-20-12-4-2-10(3-5-12)9-14-13-8-11(16(18)19)6-7-15(13)17/h2-8,17H,9H2,1H3. The summed E-state index contributed by atoms with van der Waals surface area (Å²) in [5, 5.41) is 20.2. The Morgan fingerprint density at radius 3 is 2.65 bits per heavy atom. The van der Waals surface area contributed by atoms with Gasteiger partial charge in [0.25, 0.3) is 5.69 Å². The number of pyridine rings is 1. The number of hydrogen-bond donors (Lipinski definition) is 1. The third-order valence-corrected chi connectivity index (χ3v) is 2.69. The monoisotopic (exact) mass is 275 g/mol. The molecule has 0 atom stereocenters. The van der Waals surface area contributed by atoms with E-state index in [0.717, 1.165) is 16.0 Å². The molecule has 0 amide bonds. The minimum absolute atomic E-state index is 0.120. The molecule has 20 heavy (non-hydrogen) atoms. The topological polar surface area (TPSA) is 89.9 Å². The smallest absolute Gasteiger partial charge is 0.274 e. The van der Waals surface area contributed by atoms with Gasteiger partial charge in [0.15, 0.2) is 5.49 Å². The van der Waals surface area contributed by atoms with Crippen molar-refractivity contribution in [3.8, 4) is 5.75 Å². The number of methoxy groups -OCH3 is 1. The first-order chi connectivity index (χ1) is 9.60. The van der Waals surface area contributed by atoms with Gasteiger partial charge in [-0.25, -0.2) is 0 Å². The molecule has 0 saturated heterocycles. The van der Waals surface area contributed by atoms with E-state index in [1.807, 2.05) is 12.1 Å². The number of aromatic nitrogens is 1. The summed E-state index contributed by atoms with van der Waals surface area (Å²) in [5.74, 6) is 0.737. The van der Waals surface area contributed by atoms with Crippen molar-refractivity contribution in [3.63, 3.8) is 0 Å². The van der Waals surface area contributed by atoms with Crippen molar-refractivity contribution in [3.05, 3.63) is 63.8 Å². The lowest BCUT2D eigenvalue weighted by Crippen LogP contribution is -2.18. The van der Waals surface area contributed by atoms with Gasteiger partial charge in [-0.15, -0.1) is 0 Å². The van der Waals surface area contributed by atoms with E-state index in [-0.39, 0.29) is 11.2 Å². The van der Waals surface area contributed by atoms with Crippen LogP contribution in [0.1, 0.15) is 5.56 Å². The van der Waals surface area contributed by atoms with Gasteiger partial charge in [-0.3, -0.25) is 15.1 Å². The fourth-order valence-corrected chi connectivity index (χ4v) is 1.60. The molecule has 0 fully saturated rings. The van der Waals surface area contributed by atoms with E-state index in [9.17, 15) is 15.3 Å². The number of hydrogen-bond acceptors (Lipinski definition) is 5. The van der Waals surface area contributed by atoms with Gasteiger partial charge in [0.05, 0.1) is 30.8 Å². The van der Waals surface area contributed by atoms with Crippen LogP contribution in [0.4, 0.5) is 5.69 Å². The van der Waals surface area contributed by atoms with Crippen LogP contribution in [0.5, 0.6) is 5.75 Å². The average molecular weight is 275 g/mol. The van der Waals surface area contributed by atoms with Crippen LogP contribution < -0.4 is 10.2 Å². The molecule has 7 nitrogen and oxygen atoms in total. The molecule has 104 valence electrons. The third kappa shape index (κ3) is 3.14. The maximum Gasteiger partial charge on any atom is 0.274 e. The lowest BCUT2D eigenvalue weighted by molar-refractivity contribution is -0.385. The van der Waals surface area contributed by atoms with Crippen molar-refractivity contribution in [2.24, 2.45) is 4.99 Å². The fourth-order valence-electron chi connectivity index (χ4n) is 1.60. The number of ether oxygens (including phenoxy) is 1. The SMILES string of the molecule is COc1ccc(CN=c2cc([N+](=O)[O-])ccn2O)cc1. The van der Waals surface area contributed by atoms with Crippen molar-refractivity contribution in [1.29, 1.82) is 0 Å². The van der Waals surface area contributed by atoms with E-state index in [4.69, 9.17) is 4.74 Å². The summed E-state index contributed by atoms with van der Waals surface area (Å²) in [6, 6.07) is 9.68. The first-order valence-electron chi connectivity index (χ1n) is 5.80. The average Bonchev–Trinajstić information content (AvgIpc) is 2.46. The van der Waals surface area contributed by atoms with E-state index in [2.05, 4.69) is 4.99 Å². The van der Waals surface area contributed by atoms with Crippen LogP contribution in [0.15, 0.2) is 47.6 Å². The van der Waals surface area contributed by atoms with Gasteiger partial charge in [0.1, 0.15) is 5.75 Å². The molecule has 1 N–H and O–H groups in total. The molecule has 0 spiro atoms. The highest BCUT2D eigenvalue weighted by molar-refractivity contribution is 5.27. The molecule has 0 aliphatic heterocycles. The van der Waals surface area contributed by atoms with Crippen LogP contribution in [0.2, 0.25) is 0 Å². The van der Waals surface area contributed by atoms with Gasteiger partial charge in [-0.2, -0.15) is 4.73 Å². The summed E-state index contributed by atoms with van der Waals surface area (Å²) in [6.45, 7) is 0.297. The molecular weight excluding hydrogens is 262 g/mol. The highest BCUT2D eigenvalue weighted by Crippen LogP contribution is 2.11. The number of nitrogens with zero attached hydrogens (tertiary/aromatic N) is 3. The van der Waals surface area contributed by atoms with Crippen LogP contribution in [0.3, 0.4) is 0 Å². The quantitative estimate of drug-likeness (QED) is 0.523. The Morgan fingerprint density at radius 1 is 1.35 bits per heavy atom. The lowest BCUT2D eigenvalue weighted by atomic mass is 10.2. The minimum Gasteiger partial charge on any atom is -0.497 e. The minimum atomic E-state index is -0.535. The highest BCUT2D eigenvalue weighted by Gasteiger charge is 2.05. The van der Waals surface area contributed by atoms with Crippen LogP contribution in [0.25, 0.3) is 0 Å². The van der Waals surface area contributed by atoms with E-state index in [1.165, 1.54) is 18.3 Å². The second-order valence-electron chi connectivity index (χ2n) is 4.01. The van der Waals surface area contributed by atoms with Crippen molar-refractivity contribution < 1.29 is 14.9 Å². The fraction of sp³-hybridized carbons (Fsp3) is 0.154. The molecule has 0 aliphatic carbocycles. The van der Waals surface area contributed by atoms with Crippen molar-refractivity contribution in [2.75, 3.05) is 7.11 Å². The second-order valence-corrected chi connectivity index (χ2v) is 4.01. The number of nitro groups is 1. The first-order valence-corrected chi connectivity index (χ1v) is 5.80. The Kier molecular flexibility index (Phi) is 3.99. The molecule has 1 heterocycles. The Hall–Kier alpha value is -2.83. The summed E-state index contributed by atoms with van der Waals surface area (Å²) >= 11 is 0. The van der Waals surface area contributed by atoms with E-state index < -0.39 is 4.92 Å². The van der Waals surface area contributed by atoms with Gasteiger partial charge in [0, 0.05) is 6.07 Å². The van der Waals surface area contributed by atoms with Crippen molar-refractivity contribution in [2.45, 2.75) is 6.54 Å². The molecule has 0 radical (unpaired) electrons. The Labute approximate surface area is 114 Å². The number of benzene rings is 1. The van der Waals surface area contributed by atoms with Gasteiger partial charge in [-0.1, -0.05) is 12.1 Å². The Balaban J connectivity index is 2.26. The van der Waals surface area contributed by atoms with Crippen molar-refractivity contribution in [1.82, 2.24) is 4.73 Å². The molecule has 2 aromatic rings. The van der Waals surface area contributed by atoms with Gasteiger partial charge < -0.3 is 9.94 Å². The molecule has 0 unspecified atom stereocenters. The third-order valence-electron chi connectivity index (χ3n) is 2.69. The highest BCUT2D eigenvalue weighted by atomic mass is 16.6. The van der Waals surface area contributed by atoms with Gasteiger partial charge in [0.2, 0.25) is 0 Å². The molecule has 0 aliphatic rings. The maximum absolute atomic E-state index is 10.7. The van der Waals surface area contributed by atoms with Gasteiger partial charge in [-0.05, 0) is 17.7 Å². The van der Waals surface area contributed by atoms with Crippen molar-refractivity contribution >= 4 is 5.69 Å². The molecule has 0 saturated carbocycles. The normalized spacial score (nSPS) is 11.3. The summed E-state index contributed by atoms with van der Waals surface area (Å²) < 4.78 is 5.79. The molecule has 7 heteroatoms. The van der Waals surface area contributed by atoms with Gasteiger partial charge >= 0.3 is 0 Å². The molecule has 1 aromatic heterocycles. The van der Waals surface area contributed by atoms with Crippen LogP contribution in [-0.4, -0.2) is 22.0 Å². The summed E-state index contributed by atoms with van der Waals surface area (Å²) in [7, 11) is 1.58. The van der Waals surface area contributed by atoms with E-state index >= 15 is 0 Å². The zero-order valence-electron chi connectivity index (χ0n) is 10.8. The predicted octanol–water partition coefficient (Wildman–Crippen LogP) is 1.74. The van der Waals surface area contributed by atoms with Crippen LogP contribution in [0, 0.1) is 10.1 Å². The zero-order chi connectivity index (χ0) is 14.5. The Morgan fingerprint density at radius 2 is 2.05 bits per heavy atom. The Bertz CT molecular complexity index is 677. The summed E-state index contributed by atoms with van der Waals surface area (Å²) in [4.78, 5) is 14.3. The first kappa shape index (κ1) is 13.6.